The van der Waals surface area contributed by atoms with Crippen molar-refractivity contribution >= 4 is 84.8 Å². The number of pyridine rings is 2. The van der Waals surface area contributed by atoms with Crippen molar-refractivity contribution in [2.24, 2.45) is 0 Å². The lowest BCUT2D eigenvalue weighted by Gasteiger charge is -2.18. The van der Waals surface area contributed by atoms with Gasteiger partial charge in [0, 0.05) is 131 Å². The molecule has 0 amide bonds. The molecular weight excluding hydrogens is 1690 g/mol. The third-order valence-corrected chi connectivity index (χ3v) is 28.5. The van der Waals surface area contributed by atoms with Crippen molar-refractivity contribution in [2.75, 3.05) is 0 Å². The first-order valence-electron chi connectivity index (χ1n) is 45.8. The molecule has 18 aromatic carbocycles. The molecule has 7 heterocycles. The average molecular weight is 1770 g/mol. The van der Waals surface area contributed by atoms with Gasteiger partial charge >= 0.3 is 0 Å². The molecule has 0 radical (unpaired) electrons. The number of para-hydroxylation sites is 2. The Hall–Kier alpha value is -17.5. The molecule has 7 aromatic heterocycles. The van der Waals surface area contributed by atoms with Gasteiger partial charge in [0.25, 0.3) is 0 Å². The van der Waals surface area contributed by atoms with E-state index in [0.29, 0.717) is 34.9 Å². The van der Waals surface area contributed by atoms with Crippen molar-refractivity contribution in [3.05, 3.63) is 490 Å². The highest BCUT2D eigenvalue weighted by atomic mass is 32.1. The van der Waals surface area contributed by atoms with Gasteiger partial charge in [0.2, 0.25) is 0 Å². The summed E-state index contributed by atoms with van der Waals surface area (Å²) in [6.45, 7) is 0. The van der Waals surface area contributed by atoms with Crippen LogP contribution >= 0.6 is 22.7 Å². The van der Waals surface area contributed by atoms with Crippen LogP contribution < -0.4 is 0 Å². The van der Waals surface area contributed by atoms with Gasteiger partial charge in [-0.1, -0.05) is 388 Å². The zero-order valence-corrected chi connectivity index (χ0v) is 75.1. The Morgan fingerprint density at radius 2 is 0.596 bits per heavy atom. The zero-order chi connectivity index (χ0) is 89.9. The van der Waals surface area contributed by atoms with Gasteiger partial charge in [-0.05, 0) is 156 Å². The van der Waals surface area contributed by atoms with E-state index in [-0.39, 0.29) is 5.92 Å². The standard InChI is InChI=1S/C63H40N4S.C62H39N5S/c1-6-19-40(20-7-1)45-33-34-47(41-21-8-2-9-22-41)52(37-45)46-38-53(63-66-61(43-25-12-4-13-26-43)65-62(67-63)44-27-14-5-15-28-44)60(64-39-46)51-31-18-32-54-57(51)59-55(68-54)36-35-50-48-29-16-17-30-49(48)56(58(50)59)42-23-10-3-11-24-42;1-6-18-40(19-7-1)44-30-32-48(41-20-8-2-9-21-41)51(36-44)46-38-53(62-65-60(42-22-10-3-11-23-42)64-61(66-62)43-24-12-4-13-25-43)58(63-39-46)45-31-34-55-52(37-45)57-56(68-55)35-33-50-49-28-16-17-29-54(49)67(59(50)57)47-26-14-5-15-27-47/h1-39,56H;1-39H. The van der Waals surface area contributed by atoms with Crippen LogP contribution in [0.5, 0.6) is 0 Å². The molecule has 636 valence electrons. The summed E-state index contributed by atoms with van der Waals surface area (Å²) >= 11 is 3.67. The van der Waals surface area contributed by atoms with E-state index in [1.54, 1.807) is 0 Å². The lowest BCUT2D eigenvalue weighted by atomic mass is 9.86. The molecule has 0 bridgehead atoms. The second kappa shape index (κ2) is 34.7. The molecule has 25 aromatic rings. The third kappa shape index (κ3) is 14.7. The van der Waals surface area contributed by atoms with Gasteiger partial charge < -0.3 is 4.57 Å². The predicted octanol–water partition coefficient (Wildman–Crippen LogP) is 32.9. The van der Waals surface area contributed by atoms with Crippen molar-refractivity contribution in [3.8, 4) is 174 Å². The van der Waals surface area contributed by atoms with E-state index in [9.17, 15) is 0 Å². The summed E-state index contributed by atoms with van der Waals surface area (Å²) in [5.74, 6) is 3.56. The van der Waals surface area contributed by atoms with E-state index in [2.05, 4.69) is 393 Å². The molecular formula is C125H79N9S2. The Morgan fingerprint density at radius 1 is 0.206 bits per heavy atom. The maximum atomic E-state index is 5.59. The maximum absolute atomic E-state index is 5.59. The molecule has 26 rings (SSSR count). The van der Waals surface area contributed by atoms with Gasteiger partial charge in [0.15, 0.2) is 34.9 Å². The van der Waals surface area contributed by atoms with Crippen LogP contribution in [-0.2, 0) is 0 Å². The predicted molar refractivity (Wildman–Crippen MR) is 564 cm³/mol. The van der Waals surface area contributed by atoms with E-state index in [1.807, 2.05) is 108 Å². The number of hydrogen-bond acceptors (Lipinski definition) is 10. The minimum Gasteiger partial charge on any atom is -0.309 e. The molecule has 1 atom stereocenters. The smallest absolute Gasteiger partial charge is 0.166 e. The van der Waals surface area contributed by atoms with Gasteiger partial charge in [-0.15, -0.1) is 22.7 Å². The molecule has 136 heavy (non-hydrogen) atoms. The summed E-state index contributed by atoms with van der Waals surface area (Å²) < 4.78 is 7.33. The first-order chi connectivity index (χ1) is 67.4. The fourth-order valence-electron chi connectivity index (χ4n) is 19.9. The zero-order valence-electron chi connectivity index (χ0n) is 73.5. The number of hydrogen-bond donors (Lipinski definition) is 0. The second-order valence-electron chi connectivity index (χ2n) is 34.2. The van der Waals surface area contributed by atoms with Crippen LogP contribution in [-0.4, -0.2) is 44.4 Å². The van der Waals surface area contributed by atoms with E-state index in [0.717, 1.165) is 128 Å². The molecule has 0 fully saturated rings. The number of rotatable bonds is 16. The number of fused-ring (bicyclic) bond motifs is 14. The lowest BCUT2D eigenvalue weighted by Crippen LogP contribution is -2.03. The van der Waals surface area contributed by atoms with Crippen molar-refractivity contribution in [3.63, 3.8) is 0 Å². The second-order valence-corrected chi connectivity index (χ2v) is 36.4. The van der Waals surface area contributed by atoms with E-state index < -0.39 is 0 Å². The Kier molecular flexibility index (Phi) is 20.5. The molecule has 0 saturated heterocycles. The molecule has 0 N–H and O–H groups in total. The van der Waals surface area contributed by atoms with Gasteiger partial charge in [-0.25, -0.2) is 29.9 Å². The Morgan fingerprint density at radius 3 is 1.13 bits per heavy atom. The van der Waals surface area contributed by atoms with Crippen LogP contribution in [0.15, 0.2) is 473 Å². The molecule has 0 saturated carbocycles. The molecule has 0 aliphatic heterocycles. The summed E-state index contributed by atoms with van der Waals surface area (Å²) in [6.07, 6.45) is 4.07. The first-order valence-corrected chi connectivity index (χ1v) is 47.4. The van der Waals surface area contributed by atoms with Crippen molar-refractivity contribution < 1.29 is 0 Å². The lowest BCUT2D eigenvalue weighted by molar-refractivity contribution is 1.03. The van der Waals surface area contributed by atoms with Crippen LogP contribution in [0.2, 0.25) is 0 Å². The SMILES string of the molecule is c1ccc(-c2ccc(-c3ccccc3)c(-c3cnc(-c4ccc5sc6ccc7c8ccccc8n(-c8ccccc8)c7c6c5c4)c(-c4nc(-c5ccccc5)nc(-c5ccccc5)n4)c3)c2)cc1.c1ccc(-c2ccc(-c3ccccc3)c(-c3cnc(-c4cccc5sc6ccc7c(c6c45)C(c4ccccc4)c4ccccc4-7)c(-c4nc(-c5ccccc5)nc(-c5ccccc5)n4)c3)c2)cc1. The Balaban J connectivity index is 0.000000145. The summed E-state index contributed by atoms with van der Waals surface area (Å²) in [7, 11) is 0. The van der Waals surface area contributed by atoms with Crippen molar-refractivity contribution in [2.45, 2.75) is 5.92 Å². The van der Waals surface area contributed by atoms with Crippen molar-refractivity contribution in [1.82, 2.24) is 44.4 Å². The molecule has 0 spiro atoms. The van der Waals surface area contributed by atoms with Crippen molar-refractivity contribution in [1.29, 1.82) is 0 Å². The van der Waals surface area contributed by atoms with Gasteiger partial charge in [-0.2, -0.15) is 0 Å². The van der Waals surface area contributed by atoms with Crippen LogP contribution in [0.3, 0.4) is 0 Å². The maximum Gasteiger partial charge on any atom is 0.166 e. The Labute approximate surface area is 793 Å². The van der Waals surface area contributed by atoms with Gasteiger partial charge in [0.05, 0.1) is 22.4 Å². The highest BCUT2D eigenvalue weighted by Crippen LogP contribution is 2.56. The normalized spacial score (nSPS) is 12.2. The van der Waals surface area contributed by atoms with Crippen LogP contribution in [0.4, 0.5) is 0 Å². The van der Waals surface area contributed by atoms with Crippen LogP contribution in [0, 0.1) is 0 Å². The van der Waals surface area contributed by atoms with E-state index in [1.165, 1.54) is 90.0 Å². The average Bonchev–Trinajstić information content (AvgIpc) is 1.55. The fourth-order valence-corrected chi connectivity index (χ4v) is 22.1. The van der Waals surface area contributed by atoms with Gasteiger partial charge in [0.1, 0.15) is 0 Å². The van der Waals surface area contributed by atoms with Crippen LogP contribution in [0.1, 0.15) is 22.6 Å². The minimum atomic E-state index is 0.0745. The number of benzene rings is 18. The Bertz CT molecular complexity index is 8750. The highest BCUT2D eigenvalue weighted by Gasteiger charge is 2.35. The number of aromatic nitrogens is 9. The highest BCUT2D eigenvalue weighted by molar-refractivity contribution is 7.26. The molecule has 1 unspecified atom stereocenters. The summed E-state index contributed by atoms with van der Waals surface area (Å²) in [4.78, 5) is 42.7. The quantitative estimate of drug-likeness (QED) is 0.0941. The molecule has 1 aliphatic carbocycles. The third-order valence-electron chi connectivity index (χ3n) is 26.2. The molecule has 9 nitrogen and oxygen atoms in total. The van der Waals surface area contributed by atoms with E-state index >= 15 is 0 Å². The summed E-state index contributed by atoms with van der Waals surface area (Å²) in [5.41, 5.74) is 32.0. The fraction of sp³-hybridized carbons (Fsp3) is 0.00800. The largest absolute Gasteiger partial charge is 0.309 e. The molecule has 11 heteroatoms. The van der Waals surface area contributed by atoms with Crippen LogP contribution in [0.25, 0.3) is 237 Å². The number of thiophene rings is 2. The topological polar surface area (TPSA) is 108 Å². The summed E-state index contributed by atoms with van der Waals surface area (Å²) in [5, 5.41) is 7.32. The summed E-state index contributed by atoms with van der Waals surface area (Å²) in [6, 6.07) is 163. The minimum absolute atomic E-state index is 0.0745. The van der Waals surface area contributed by atoms with E-state index in [4.69, 9.17) is 39.9 Å². The molecule has 1 aliphatic rings. The van der Waals surface area contributed by atoms with Gasteiger partial charge in [-0.3, -0.25) is 9.97 Å². The first kappa shape index (κ1) is 80.6. The monoisotopic (exact) mass is 1770 g/mol. The number of nitrogens with zero attached hydrogens (tertiary/aromatic N) is 9.